The highest BCUT2D eigenvalue weighted by molar-refractivity contribution is 14.1. The molecule has 1 aliphatic rings. The van der Waals surface area contributed by atoms with Crippen LogP contribution in [0.15, 0.2) is 12.5 Å². The number of halogens is 1. The molecule has 0 spiro atoms. The number of nitrogens with one attached hydrogen (secondary N) is 1. The van der Waals surface area contributed by atoms with Gasteiger partial charge in [0.05, 0.1) is 9.61 Å². The second kappa shape index (κ2) is 5.07. The molecule has 0 bridgehead atoms. The molecule has 1 fully saturated rings. The second-order valence-electron chi connectivity index (χ2n) is 3.82. The molecule has 0 radical (unpaired) electrons. The number of likely N-dealkylation sites (tertiary alicyclic amines) is 1. The van der Waals surface area contributed by atoms with Crippen LogP contribution in [0.5, 0.6) is 0 Å². The van der Waals surface area contributed by atoms with Crippen molar-refractivity contribution in [3.8, 4) is 0 Å². The minimum Gasteiger partial charge on any atom is -0.364 e. The molecule has 15 heavy (non-hydrogen) atoms. The fourth-order valence-corrected chi connectivity index (χ4v) is 2.23. The van der Waals surface area contributed by atoms with Crippen molar-refractivity contribution in [2.75, 3.05) is 25.0 Å². The van der Waals surface area contributed by atoms with Gasteiger partial charge in [-0.05, 0) is 35.6 Å². The normalized spacial score (nSPS) is 17.5. The van der Waals surface area contributed by atoms with Gasteiger partial charge in [0.15, 0.2) is 0 Å². The van der Waals surface area contributed by atoms with Crippen LogP contribution in [0.4, 0.5) is 5.82 Å². The predicted molar refractivity (Wildman–Crippen MR) is 68.9 cm³/mol. The molecule has 0 aromatic carbocycles. The maximum atomic E-state index is 4.22. The molecule has 2 heterocycles. The summed E-state index contributed by atoms with van der Waals surface area (Å²) in [7, 11) is 0. The number of hydrogen-bond donors (Lipinski definition) is 1. The van der Waals surface area contributed by atoms with Crippen LogP contribution in [0.1, 0.15) is 13.3 Å². The van der Waals surface area contributed by atoms with Gasteiger partial charge in [0, 0.05) is 19.3 Å². The predicted octanol–water partition coefficient (Wildman–Crippen LogP) is 1.59. The van der Waals surface area contributed by atoms with Gasteiger partial charge in [-0.2, -0.15) is 0 Å². The molecule has 1 N–H and O–H groups in total. The molecule has 0 unspecified atom stereocenters. The Kier molecular flexibility index (Phi) is 3.74. The first-order chi connectivity index (χ1) is 7.29. The molecule has 82 valence electrons. The average molecular weight is 318 g/mol. The monoisotopic (exact) mass is 318 g/mol. The molecule has 1 aromatic heterocycles. The van der Waals surface area contributed by atoms with Crippen LogP contribution in [0, 0.1) is 3.57 Å². The van der Waals surface area contributed by atoms with E-state index in [-0.39, 0.29) is 0 Å². The summed E-state index contributed by atoms with van der Waals surface area (Å²) in [5, 5.41) is 3.43. The number of aromatic nitrogens is 2. The second-order valence-corrected chi connectivity index (χ2v) is 4.98. The summed E-state index contributed by atoms with van der Waals surface area (Å²) in [5.41, 5.74) is 0. The van der Waals surface area contributed by atoms with Gasteiger partial charge < -0.3 is 5.32 Å². The van der Waals surface area contributed by atoms with Gasteiger partial charge in [0.1, 0.15) is 12.1 Å². The first-order valence-electron chi connectivity index (χ1n) is 5.24. The molecule has 2 rings (SSSR count). The lowest BCUT2D eigenvalue weighted by Crippen LogP contribution is -2.54. The lowest BCUT2D eigenvalue weighted by molar-refractivity contribution is 0.162. The molecular formula is C10H15IN4. The lowest BCUT2D eigenvalue weighted by atomic mass is 10.1. The highest BCUT2D eigenvalue weighted by Gasteiger charge is 2.26. The maximum Gasteiger partial charge on any atom is 0.143 e. The topological polar surface area (TPSA) is 41.0 Å². The summed E-state index contributed by atoms with van der Waals surface area (Å²) in [5.74, 6) is 0.965. The van der Waals surface area contributed by atoms with E-state index in [1.165, 1.54) is 13.0 Å². The largest absolute Gasteiger partial charge is 0.364 e. The van der Waals surface area contributed by atoms with Crippen LogP contribution in [0.25, 0.3) is 0 Å². The SMILES string of the molecule is CCCN1CC(Nc2ncncc2I)C1. The zero-order valence-electron chi connectivity index (χ0n) is 8.78. The Morgan fingerprint density at radius 3 is 3.07 bits per heavy atom. The van der Waals surface area contributed by atoms with Crippen LogP contribution in [-0.2, 0) is 0 Å². The Hall–Kier alpha value is -0.430. The zero-order valence-corrected chi connectivity index (χ0v) is 10.9. The van der Waals surface area contributed by atoms with Crippen molar-refractivity contribution < 1.29 is 0 Å². The van der Waals surface area contributed by atoms with E-state index in [2.05, 4.69) is 49.7 Å². The summed E-state index contributed by atoms with van der Waals surface area (Å²) in [6, 6.07) is 0.556. The van der Waals surface area contributed by atoms with Crippen LogP contribution in [0.2, 0.25) is 0 Å². The van der Waals surface area contributed by atoms with E-state index in [0.29, 0.717) is 6.04 Å². The molecule has 0 aliphatic carbocycles. The molecule has 1 aromatic rings. The van der Waals surface area contributed by atoms with E-state index in [4.69, 9.17) is 0 Å². The third-order valence-corrected chi connectivity index (χ3v) is 3.29. The zero-order chi connectivity index (χ0) is 10.7. The number of nitrogens with zero attached hydrogens (tertiary/aromatic N) is 3. The Balaban J connectivity index is 1.82. The summed E-state index contributed by atoms with van der Waals surface area (Å²) in [6.45, 7) is 5.69. The smallest absolute Gasteiger partial charge is 0.143 e. The summed E-state index contributed by atoms with van der Waals surface area (Å²) in [4.78, 5) is 10.6. The van der Waals surface area contributed by atoms with Crippen molar-refractivity contribution in [1.29, 1.82) is 0 Å². The van der Waals surface area contributed by atoms with Crippen molar-refractivity contribution in [2.24, 2.45) is 0 Å². The summed E-state index contributed by atoms with van der Waals surface area (Å²) >= 11 is 2.25. The minimum atomic E-state index is 0.556. The van der Waals surface area contributed by atoms with Crippen LogP contribution in [0.3, 0.4) is 0 Å². The fourth-order valence-electron chi connectivity index (χ4n) is 1.77. The van der Waals surface area contributed by atoms with Gasteiger partial charge in [-0.3, -0.25) is 4.90 Å². The van der Waals surface area contributed by atoms with E-state index in [0.717, 1.165) is 22.5 Å². The third kappa shape index (κ3) is 2.78. The molecule has 5 heteroatoms. The number of rotatable bonds is 4. The van der Waals surface area contributed by atoms with Gasteiger partial charge in [-0.25, -0.2) is 9.97 Å². The molecule has 0 atom stereocenters. The van der Waals surface area contributed by atoms with Crippen LogP contribution in [-0.4, -0.2) is 40.5 Å². The summed E-state index contributed by atoms with van der Waals surface area (Å²) < 4.78 is 1.09. The van der Waals surface area contributed by atoms with E-state index in [9.17, 15) is 0 Å². The Labute approximate surface area is 104 Å². The highest BCUT2D eigenvalue weighted by atomic mass is 127. The highest BCUT2D eigenvalue weighted by Crippen LogP contribution is 2.17. The first kappa shape index (κ1) is 11.1. The number of hydrogen-bond acceptors (Lipinski definition) is 4. The van der Waals surface area contributed by atoms with E-state index in [1.807, 2.05) is 6.20 Å². The van der Waals surface area contributed by atoms with Crippen molar-refractivity contribution in [2.45, 2.75) is 19.4 Å². The molecule has 1 aliphatic heterocycles. The average Bonchev–Trinajstić information content (AvgIpc) is 2.18. The Bertz CT molecular complexity index is 325. The van der Waals surface area contributed by atoms with Crippen molar-refractivity contribution in [3.63, 3.8) is 0 Å². The molecule has 0 amide bonds. The fraction of sp³-hybridized carbons (Fsp3) is 0.600. The standard InChI is InChI=1S/C10H15IN4/c1-2-3-15-5-8(6-15)14-10-9(11)4-12-7-13-10/h4,7-8H,2-3,5-6H2,1H3,(H,12,13,14). The maximum absolute atomic E-state index is 4.22. The minimum absolute atomic E-state index is 0.556. The van der Waals surface area contributed by atoms with E-state index >= 15 is 0 Å². The van der Waals surface area contributed by atoms with E-state index in [1.54, 1.807) is 6.33 Å². The van der Waals surface area contributed by atoms with Gasteiger partial charge in [-0.15, -0.1) is 0 Å². The molecule has 0 saturated carbocycles. The third-order valence-electron chi connectivity index (χ3n) is 2.51. The van der Waals surface area contributed by atoms with Crippen molar-refractivity contribution in [3.05, 3.63) is 16.1 Å². The first-order valence-corrected chi connectivity index (χ1v) is 6.32. The molecular weight excluding hydrogens is 303 g/mol. The number of anilines is 1. The molecule has 4 nitrogen and oxygen atoms in total. The van der Waals surface area contributed by atoms with Gasteiger partial charge in [-0.1, -0.05) is 6.92 Å². The van der Waals surface area contributed by atoms with Crippen molar-refractivity contribution in [1.82, 2.24) is 14.9 Å². The van der Waals surface area contributed by atoms with Gasteiger partial charge in [0.25, 0.3) is 0 Å². The summed E-state index contributed by atoms with van der Waals surface area (Å²) in [6.07, 6.45) is 4.66. The van der Waals surface area contributed by atoms with Crippen LogP contribution >= 0.6 is 22.6 Å². The van der Waals surface area contributed by atoms with Gasteiger partial charge in [0.2, 0.25) is 0 Å². The molecule has 1 saturated heterocycles. The van der Waals surface area contributed by atoms with Crippen molar-refractivity contribution >= 4 is 28.4 Å². The quantitative estimate of drug-likeness (QED) is 0.856. The van der Waals surface area contributed by atoms with E-state index < -0.39 is 0 Å². The Morgan fingerprint density at radius 2 is 2.40 bits per heavy atom. The lowest BCUT2D eigenvalue weighted by Gasteiger charge is -2.39. The van der Waals surface area contributed by atoms with Gasteiger partial charge >= 0.3 is 0 Å². The Morgan fingerprint density at radius 1 is 1.60 bits per heavy atom. The van der Waals surface area contributed by atoms with Crippen LogP contribution < -0.4 is 5.32 Å².